The summed E-state index contributed by atoms with van der Waals surface area (Å²) in [6.45, 7) is 16.0. The molecule has 60 heavy (non-hydrogen) atoms. The van der Waals surface area contributed by atoms with Gasteiger partial charge in [0, 0.05) is 24.2 Å². The molecule has 0 unspecified atom stereocenters. The maximum atomic E-state index is 15.6. The smallest absolute Gasteiger partial charge is 0.408 e. The van der Waals surface area contributed by atoms with E-state index in [4.69, 9.17) is 28.4 Å². The fourth-order valence-electron chi connectivity index (χ4n) is 9.77. The summed E-state index contributed by atoms with van der Waals surface area (Å²) in [5, 5.41) is 27.7. The van der Waals surface area contributed by atoms with Crippen molar-refractivity contribution < 1.29 is 67.4 Å². The molecule has 6 rings (SSSR count). The third kappa shape index (κ3) is 8.12. The second kappa shape index (κ2) is 16.0. The van der Waals surface area contributed by atoms with Crippen molar-refractivity contribution in [2.24, 2.45) is 22.7 Å². The maximum absolute atomic E-state index is 15.6. The Hall–Kier alpha value is -4.60. The minimum absolute atomic E-state index is 0.130. The number of hydrogen-bond acceptors (Lipinski definition) is 14. The summed E-state index contributed by atoms with van der Waals surface area (Å²) in [5.41, 5.74) is -6.63. The standard InChI is InChI=1S/C45H59NO14/c1-23(2)20-28(46-40(53)60-41(5,6)7)32(48)39(52)56-29-21-45(54)36(58-38(51)26-14-12-11-13-15-26)34-43(10,19-18-30-44(34,22-55-30)59-25(4)47)35(49)33(57-37(50)27-16-17-27)31(24(29)3)42(45,8)9/h11-15,20,27-30,32-34,36,48,54H,16-19,21-22H2,1-10H3,(H,46,53)/t28-,29-,30+,32+,33+,34-,36-,43+,44-,45+/m0/s1. The molecule has 1 aromatic rings. The highest BCUT2D eigenvalue weighted by molar-refractivity contribution is 5.95. The molecule has 15 heteroatoms. The molecule has 2 bridgehead atoms. The predicted molar refractivity (Wildman–Crippen MR) is 213 cm³/mol. The summed E-state index contributed by atoms with van der Waals surface area (Å²) >= 11 is 0. The molecule has 15 nitrogen and oxygen atoms in total. The van der Waals surface area contributed by atoms with Crippen LogP contribution in [0.3, 0.4) is 0 Å². The van der Waals surface area contributed by atoms with E-state index in [0.717, 1.165) is 0 Å². The molecule has 0 aromatic heterocycles. The van der Waals surface area contributed by atoms with Crippen molar-refractivity contribution in [1.82, 2.24) is 5.32 Å². The van der Waals surface area contributed by atoms with E-state index < -0.39 is 118 Å². The minimum atomic E-state index is -2.25. The number of alkyl carbamates (subject to hydrolysis) is 1. The molecule has 3 N–H and O–H groups in total. The highest BCUT2D eigenvalue weighted by Crippen LogP contribution is 2.64. The van der Waals surface area contributed by atoms with Gasteiger partial charge in [-0.15, -0.1) is 0 Å². The van der Waals surface area contributed by atoms with E-state index in [1.807, 2.05) is 0 Å². The number of ether oxygens (including phenoxy) is 6. The van der Waals surface area contributed by atoms with Gasteiger partial charge in [-0.25, -0.2) is 14.4 Å². The lowest BCUT2D eigenvalue weighted by atomic mass is 9.45. The molecule has 10 atom stereocenters. The molecule has 3 saturated carbocycles. The van der Waals surface area contributed by atoms with Crippen molar-refractivity contribution in [3.63, 3.8) is 0 Å². The van der Waals surface area contributed by atoms with Crippen molar-refractivity contribution >= 4 is 35.8 Å². The quantitative estimate of drug-likeness (QED) is 0.164. The van der Waals surface area contributed by atoms with Crippen molar-refractivity contribution in [3.05, 3.63) is 58.7 Å². The zero-order chi connectivity index (χ0) is 44.3. The zero-order valence-corrected chi connectivity index (χ0v) is 36.1. The maximum Gasteiger partial charge on any atom is 0.408 e. The SMILES string of the molecule is CC(=O)O[C@@]12CO[C@@H]1CC[C@@]1(C)C(=O)[C@H](OC(=O)C3CC3)C3=C(C)[C@@H](OC(=O)[C@H](O)[C@H](C=C(C)C)NC(=O)OC(C)(C)C)C[C@@](O)([C@@H](OC(=O)c4ccccc4)[C@H]21)C3(C)C. The summed E-state index contributed by atoms with van der Waals surface area (Å²) < 4.78 is 36.2. The molecule has 0 radical (unpaired) electrons. The molecule has 1 aliphatic heterocycles. The highest BCUT2D eigenvalue weighted by Gasteiger charge is 2.76. The lowest BCUT2D eigenvalue weighted by Crippen LogP contribution is -2.79. The van der Waals surface area contributed by atoms with Crippen LogP contribution in [-0.4, -0.2) is 106 Å². The number of carbonyl (C=O) groups excluding carboxylic acids is 6. The lowest BCUT2D eigenvalue weighted by Gasteiger charge is -2.66. The number of nitrogens with one attached hydrogen (secondary N) is 1. The van der Waals surface area contributed by atoms with Gasteiger partial charge in [0.25, 0.3) is 0 Å². The lowest BCUT2D eigenvalue weighted by molar-refractivity contribution is -0.332. The number of rotatable bonds is 10. The Kier molecular flexibility index (Phi) is 12.0. The number of aliphatic hydroxyl groups excluding tert-OH is 1. The molecule has 1 saturated heterocycles. The Bertz CT molecular complexity index is 1970. The van der Waals surface area contributed by atoms with E-state index in [1.54, 1.807) is 80.5 Å². The third-order valence-corrected chi connectivity index (χ3v) is 12.9. The Morgan fingerprint density at radius 2 is 1.62 bits per heavy atom. The summed E-state index contributed by atoms with van der Waals surface area (Å²) in [7, 11) is 0. The van der Waals surface area contributed by atoms with Gasteiger partial charge in [0.2, 0.25) is 0 Å². The van der Waals surface area contributed by atoms with Crippen molar-refractivity contribution in [2.45, 2.75) is 155 Å². The van der Waals surface area contributed by atoms with Gasteiger partial charge >= 0.3 is 30.0 Å². The number of ketones is 1. The number of esters is 4. The monoisotopic (exact) mass is 837 g/mol. The molecule has 5 aliphatic rings. The number of aliphatic hydroxyl groups is 2. The minimum Gasteiger partial charge on any atom is -0.456 e. The first-order valence-corrected chi connectivity index (χ1v) is 20.6. The fraction of sp³-hybridized carbons (Fsp3) is 0.644. The van der Waals surface area contributed by atoms with E-state index in [9.17, 15) is 34.2 Å². The Labute approximate surface area is 350 Å². The Balaban J connectivity index is 1.52. The number of allylic oxidation sites excluding steroid dienone is 1. The van der Waals surface area contributed by atoms with Crippen molar-refractivity contribution in [1.29, 1.82) is 0 Å². The fourth-order valence-corrected chi connectivity index (χ4v) is 9.77. The summed E-state index contributed by atoms with van der Waals surface area (Å²) in [4.78, 5) is 83.4. The molecule has 0 spiro atoms. The van der Waals surface area contributed by atoms with Crippen LogP contribution in [0.25, 0.3) is 0 Å². The summed E-state index contributed by atoms with van der Waals surface area (Å²) in [6.07, 6.45) is -5.74. The van der Waals surface area contributed by atoms with E-state index in [-0.39, 0.29) is 36.2 Å². The average molecular weight is 838 g/mol. The summed E-state index contributed by atoms with van der Waals surface area (Å²) in [6, 6.07) is 6.76. The van der Waals surface area contributed by atoms with Crippen molar-refractivity contribution in [2.75, 3.05) is 6.61 Å². The molecular weight excluding hydrogens is 778 g/mol. The van der Waals surface area contributed by atoms with Gasteiger partial charge < -0.3 is 44.0 Å². The first-order chi connectivity index (χ1) is 27.9. The third-order valence-electron chi connectivity index (χ3n) is 12.9. The van der Waals surface area contributed by atoms with E-state index in [1.165, 1.54) is 25.1 Å². The second-order valence-electron chi connectivity index (χ2n) is 19.1. The van der Waals surface area contributed by atoms with Crippen molar-refractivity contribution in [3.8, 4) is 0 Å². The van der Waals surface area contributed by atoms with Gasteiger partial charge in [-0.05, 0) is 90.5 Å². The van der Waals surface area contributed by atoms with Crippen LogP contribution in [0.5, 0.6) is 0 Å². The van der Waals surface area contributed by atoms with Crippen LogP contribution in [0.1, 0.15) is 112 Å². The molecular formula is C45H59NO14. The molecule has 328 valence electrons. The number of benzene rings is 1. The van der Waals surface area contributed by atoms with Gasteiger partial charge in [-0.2, -0.15) is 0 Å². The van der Waals surface area contributed by atoms with Crippen LogP contribution in [0.4, 0.5) is 4.79 Å². The topological polar surface area (TPSA) is 210 Å². The number of Topliss-reactive ketones (excluding diaryl/α,β-unsaturated/α-hetero) is 1. The van der Waals surface area contributed by atoms with Crippen LogP contribution in [0.2, 0.25) is 0 Å². The Morgan fingerprint density at radius 3 is 2.17 bits per heavy atom. The van der Waals surface area contributed by atoms with Gasteiger partial charge in [0.15, 0.2) is 23.6 Å². The molecule has 4 aliphatic carbocycles. The first-order valence-electron chi connectivity index (χ1n) is 20.6. The molecule has 1 aromatic carbocycles. The normalized spacial score (nSPS) is 32.8. The zero-order valence-electron chi connectivity index (χ0n) is 36.1. The molecule has 1 heterocycles. The van der Waals surface area contributed by atoms with E-state index in [2.05, 4.69) is 5.32 Å². The van der Waals surface area contributed by atoms with Crippen LogP contribution < -0.4 is 5.32 Å². The van der Waals surface area contributed by atoms with Crippen LogP contribution in [0, 0.1) is 22.7 Å². The number of fused-ring (bicyclic) bond motifs is 5. The molecule has 4 fully saturated rings. The van der Waals surface area contributed by atoms with Gasteiger partial charge in [0.05, 0.1) is 30.0 Å². The second-order valence-corrected chi connectivity index (χ2v) is 19.1. The number of hydrogen-bond donors (Lipinski definition) is 3. The van der Waals surface area contributed by atoms with Crippen LogP contribution in [-0.2, 0) is 47.6 Å². The summed E-state index contributed by atoms with van der Waals surface area (Å²) in [5.74, 6) is -5.61. The number of carbonyl (C=O) groups is 6. The molecule has 1 amide bonds. The van der Waals surface area contributed by atoms with Crippen LogP contribution >= 0.6 is 0 Å². The van der Waals surface area contributed by atoms with Crippen LogP contribution in [0.15, 0.2) is 53.1 Å². The average Bonchev–Trinajstić information content (AvgIpc) is 3.99. The van der Waals surface area contributed by atoms with E-state index >= 15 is 4.79 Å². The van der Waals surface area contributed by atoms with Gasteiger partial charge in [-0.3, -0.25) is 14.4 Å². The predicted octanol–water partition coefficient (Wildman–Crippen LogP) is 4.84. The van der Waals surface area contributed by atoms with Gasteiger partial charge in [0.1, 0.15) is 29.5 Å². The number of amides is 1. The van der Waals surface area contributed by atoms with Gasteiger partial charge in [-0.1, -0.05) is 50.6 Å². The largest absolute Gasteiger partial charge is 0.456 e. The first kappa shape index (κ1) is 44.9. The highest BCUT2D eigenvalue weighted by atomic mass is 16.6. The van der Waals surface area contributed by atoms with E-state index in [0.29, 0.717) is 18.4 Å². The Morgan fingerprint density at radius 1 is 0.967 bits per heavy atom.